The topological polar surface area (TPSA) is 9.86 Å². The van der Waals surface area contributed by atoms with Gasteiger partial charge in [-0.3, -0.25) is 0 Å². The average Bonchev–Trinajstić information content (AvgIpc) is 3.86. The molecule has 72 heavy (non-hydrogen) atoms. The van der Waals surface area contributed by atoms with Crippen LogP contribution in [0.5, 0.6) is 0 Å². The summed E-state index contributed by atoms with van der Waals surface area (Å²) in [5, 5.41) is 2.54. The van der Waals surface area contributed by atoms with Gasteiger partial charge in [-0.25, -0.2) is 0 Å². The number of hydrogen-bond donors (Lipinski definition) is 0. The molecule has 0 fully saturated rings. The van der Waals surface area contributed by atoms with Gasteiger partial charge in [0, 0.05) is 50.6 Å². The second-order valence-corrected chi connectivity index (χ2v) is 21.5. The van der Waals surface area contributed by atoms with Gasteiger partial charge in [-0.2, -0.15) is 0 Å². The molecule has 2 aromatic heterocycles. The van der Waals surface area contributed by atoms with Crippen molar-refractivity contribution < 1.29 is 0 Å². The molecule has 2 nitrogen and oxygen atoms in total. The van der Waals surface area contributed by atoms with Crippen LogP contribution >= 0.6 is 0 Å². The van der Waals surface area contributed by atoms with Crippen molar-refractivity contribution in [2.45, 2.75) is 93.9 Å². The Kier molecular flexibility index (Phi) is 11.3. The second kappa shape index (κ2) is 17.9. The van der Waals surface area contributed by atoms with E-state index in [1.54, 1.807) is 0 Å². The number of hydrogen-bond acceptors (Lipinski definition) is 0. The largest absolute Gasteiger partial charge is 0.316 e. The van der Waals surface area contributed by atoms with Crippen LogP contribution in [0.3, 0.4) is 0 Å². The van der Waals surface area contributed by atoms with Crippen molar-refractivity contribution in [1.82, 2.24) is 9.13 Å². The zero-order valence-corrected chi connectivity index (χ0v) is 43.5. The summed E-state index contributed by atoms with van der Waals surface area (Å²) in [7, 11) is 0. The SMILES string of the molecule is Cc1ccc(C2=Cc3c4c(n(-c5ccc(Cc6ccc(-n7c8ccc(-c9ccc(C)cc9C)cc8c8cc(-c9ccc(C)cc9C)ccc87)cc6)cc5)c3CC2)C(C)CC(c2ccc(C)cc2C)=C4)c(C)c1. The van der Waals surface area contributed by atoms with Gasteiger partial charge < -0.3 is 9.13 Å². The summed E-state index contributed by atoms with van der Waals surface area (Å²) in [4.78, 5) is 0. The fraction of sp³-hybridized carbons (Fsp3) is 0.200. The first kappa shape index (κ1) is 45.5. The summed E-state index contributed by atoms with van der Waals surface area (Å²) in [5.74, 6) is 0.371. The van der Waals surface area contributed by atoms with E-state index in [2.05, 4.69) is 241 Å². The number of nitrogens with zero attached hydrogens (tertiary/aromatic N) is 2. The minimum absolute atomic E-state index is 0.371. The van der Waals surface area contributed by atoms with Crippen LogP contribution in [0.1, 0.15) is 115 Å². The summed E-state index contributed by atoms with van der Waals surface area (Å²) in [6.45, 7) is 20.2. The average molecular weight is 933 g/mol. The summed E-state index contributed by atoms with van der Waals surface area (Å²) in [5.41, 5.74) is 34.5. The highest BCUT2D eigenvalue weighted by Gasteiger charge is 2.31. The van der Waals surface area contributed by atoms with Gasteiger partial charge in [0.15, 0.2) is 0 Å². The summed E-state index contributed by atoms with van der Waals surface area (Å²) < 4.78 is 5.10. The second-order valence-electron chi connectivity index (χ2n) is 21.5. The number of benzene rings is 8. The Balaban J connectivity index is 0.889. The fourth-order valence-electron chi connectivity index (χ4n) is 12.6. The van der Waals surface area contributed by atoms with E-state index in [-0.39, 0.29) is 0 Å². The first-order chi connectivity index (χ1) is 34.8. The third-order valence-electron chi connectivity index (χ3n) is 16.1. The van der Waals surface area contributed by atoms with Gasteiger partial charge in [-0.1, -0.05) is 138 Å². The Morgan fingerprint density at radius 2 is 0.833 bits per heavy atom. The van der Waals surface area contributed by atoms with Crippen molar-refractivity contribution in [3.8, 4) is 33.6 Å². The van der Waals surface area contributed by atoms with E-state index in [1.165, 1.54) is 156 Å². The van der Waals surface area contributed by atoms with Crippen molar-refractivity contribution in [2.24, 2.45) is 0 Å². The lowest BCUT2D eigenvalue weighted by Gasteiger charge is -2.25. The summed E-state index contributed by atoms with van der Waals surface area (Å²) in [6, 6.07) is 60.3. The molecule has 2 heteroatoms. The van der Waals surface area contributed by atoms with Crippen LogP contribution < -0.4 is 0 Å². The molecular formula is C70H64N2. The van der Waals surface area contributed by atoms with Crippen molar-refractivity contribution in [2.75, 3.05) is 0 Å². The van der Waals surface area contributed by atoms with E-state index in [4.69, 9.17) is 0 Å². The third kappa shape index (κ3) is 7.98. The molecule has 0 saturated carbocycles. The van der Waals surface area contributed by atoms with E-state index < -0.39 is 0 Å². The molecule has 10 aromatic rings. The molecule has 0 radical (unpaired) electrons. The molecule has 0 N–H and O–H groups in total. The maximum Gasteiger partial charge on any atom is 0.0541 e. The Hall–Kier alpha value is -7.68. The Bertz CT molecular complexity index is 3770. The smallest absolute Gasteiger partial charge is 0.0541 e. The fourth-order valence-corrected chi connectivity index (χ4v) is 12.6. The monoisotopic (exact) mass is 933 g/mol. The van der Waals surface area contributed by atoms with E-state index in [9.17, 15) is 0 Å². The lowest BCUT2D eigenvalue weighted by atomic mass is 9.82. The highest BCUT2D eigenvalue weighted by atomic mass is 15.0. The molecule has 0 bridgehead atoms. The molecule has 0 spiro atoms. The zero-order chi connectivity index (χ0) is 49.5. The highest BCUT2D eigenvalue weighted by molar-refractivity contribution is 6.12. The van der Waals surface area contributed by atoms with Crippen LogP contribution in [0.4, 0.5) is 0 Å². The molecule has 2 aliphatic rings. The van der Waals surface area contributed by atoms with E-state index in [1.807, 2.05) is 0 Å². The molecule has 0 amide bonds. The molecule has 1 atom stereocenters. The Morgan fingerprint density at radius 1 is 0.403 bits per heavy atom. The van der Waals surface area contributed by atoms with Gasteiger partial charge in [0.25, 0.3) is 0 Å². The van der Waals surface area contributed by atoms with Crippen molar-refractivity contribution in [3.63, 3.8) is 0 Å². The molecule has 354 valence electrons. The third-order valence-corrected chi connectivity index (χ3v) is 16.1. The molecule has 0 aliphatic heterocycles. The van der Waals surface area contributed by atoms with Crippen LogP contribution in [-0.2, 0) is 12.8 Å². The van der Waals surface area contributed by atoms with E-state index >= 15 is 0 Å². The minimum atomic E-state index is 0.371. The van der Waals surface area contributed by atoms with Gasteiger partial charge in [0.2, 0.25) is 0 Å². The molecule has 12 rings (SSSR count). The zero-order valence-electron chi connectivity index (χ0n) is 43.5. The molecule has 8 aromatic carbocycles. The van der Waals surface area contributed by atoms with Crippen LogP contribution in [0.25, 0.3) is 78.7 Å². The van der Waals surface area contributed by atoms with E-state index in [0.29, 0.717) is 5.92 Å². The van der Waals surface area contributed by atoms with Crippen LogP contribution in [0.2, 0.25) is 0 Å². The predicted molar refractivity (Wildman–Crippen MR) is 308 cm³/mol. The maximum absolute atomic E-state index is 2.64. The molecular weight excluding hydrogens is 869 g/mol. The van der Waals surface area contributed by atoms with Gasteiger partial charge in [-0.05, 0) is 220 Å². The summed E-state index contributed by atoms with van der Waals surface area (Å²) >= 11 is 0. The molecule has 2 aliphatic carbocycles. The lowest BCUT2D eigenvalue weighted by Crippen LogP contribution is -2.12. The normalized spacial score (nSPS) is 14.4. The number of rotatable bonds is 8. The van der Waals surface area contributed by atoms with Crippen molar-refractivity contribution in [1.29, 1.82) is 0 Å². The van der Waals surface area contributed by atoms with Crippen molar-refractivity contribution >= 4 is 45.1 Å². The lowest BCUT2D eigenvalue weighted by molar-refractivity contribution is 0.712. The van der Waals surface area contributed by atoms with E-state index in [0.717, 1.165) is 25.7 Å². The standard InChI is InChI=1S/C70H64N2/c1-42-10-25-59(46(5)32-42)53-18-29-67-63(38-53)64-39-54(60-26-11-43(2)33-47(60)6)19-30-68(64)71(67)57-21-14-51(15-22-57)37-52-16-23-58(24-17-52)72-69-31-20-55(61-27-12-44(3)34-48(61)7)40-65(69)66-41-56(36-50(9)70(66)72)62-28-13-45(4)35-49(62)8/h10-19,21-30,32-35,38-41,50H,20,31,36-37H2,1-9H3. The summed E-state index contributed by atoms with van der Waals surface area (Å²) in [6.07, 6.45) is 9.01. The highest BCUT2D eigenvalue weighted by Crippen LogP contribution is 2.47. The Labute approximate surface area is 426 Å². The molecule has 2 heterocycles. The first-order valence-corrected chi connectivity index (χ1v) is 26.1. The number of fused-ring (bicyclic) bond motifs is 6. The Morgan fingerprint density at radius 3 is 1.31 bits per heavy atom. The number of aromatic nitrogens is 2. The van der Waals surface area contributed by atoms with Crippen LogP contribution in [0, 0.1) is 55.4 Å². The molecule has 0 saturated heterocycles. The van der Waals surface area contributed by atoms with Gasteiger partial charge in [0.05, 0.1) is 11.0 Å². The van der Waals surface area contributed by atoms with Crippen molar-refractivity contribution in [3.05, 3.63) is 247 Å². The number of allylic oxidation sites excluding steroid dienone is 2. The first-order valence-electron chi connectivity index (χ1n) is 26.1. The quantitative estimate of drug-likeness (QED) is 0.144. The predicted octanol–water partition coefficient (Wildman–Crippen LogP) is 18.5. The van der Waals surface area contributed by atoms with Crippen LogP contribution in [-0.4, -0.2) is 9.13 Å². The molecule has 1 unspecified atom stereocenters. The minimum Gasteiger partial charge on any atom is -0.316 e. The maximum atomic E-state index is 2.64. The number of aryl methyl sites for hydroxylation is 8. The van der Waals surface area contributed by atoms with Gasteiger partial charge in [-0.15, -0.1) is 0 Å². The van der Waals surface area contributed by atoms with Gasteiger partial charge in [0.1, 0.15) is 0 Å². The van der Waals surface area contributed by atoms with Gasteiger partial charge >= 0.3 is 0 Å². The van der Waals surface area contributed by atoms with Crippen LogP contribution in [0.15, 0.2) is 158 Å².